The molecule has 0 aliphatic carbocycles. The molecule has 2 atom stereocenters. The molecular formula is C13H14ClNO3. The molecule has 96 valence electrons. The first-order chi connectivity index (χ1) is 8.41. The number of fused-ring (bicyclic) bond motifs is 1. The van der Waals surface area contributed by atoms with Crippen LogP contribution >= 0.6 is 11.6 Å². The van der Waals surface area contributed by atoms with Gasteiger partial charge in [-0.1, -0.05) is 0 Å². The van der Waals surface area contributed by atoms with Crippen LogP contribution < -0.4 is 9.64 Å². The second-order valence-corrected chi connectivity index (χ2v) is 4.97. The summed E-state index contributed by atoms with van der Waals surface area (Å²) in [4.78, 5) is 25.1. The smallest absolute Gasteiger partial charge is 0.267 e. The first-order valence-electron chi connectivity index (χ1n) is 5.68. The average molecular weight is 268 g/mol. The SMILES string of the molecule is C[C@H](Cl)C(=O)c1ccc2c(c1)N(C)C(=O)[C@H](C)O2. The molecule has 0 saturated heterocycles. The minimum Gasteiger partial charge on any atom is -0.479 e. The Balaban J connectivity index is 2.44. The lowest BCUT2D eigenvalue weighted by Crippen LogP contribution is -2.42. The van der Waals surface area contributed by atoms with E-state index < -0.39 is 11.5 Å². The van der Waals surface area contributed by atoms with Gasteiger partial charge in [-0.2, -0.15) is 0 Å². The van der Waals surface area contributed by atoms with Crippen LogP contribution in [-0.4, -0.2) is 30.2 Å². The van der Waals surface area contributed by atoms with E-state index >= 15 is 0 Å². The zero-order chi connectivity index (χ0) is 13.4. The molecule has 1 amide bonds. The maximum Gasteiger partial charge on any atom is 0.267 e. The second kappa shape index (κ2) is 4.61. The van der Waals surface area contributed by atoms with E-state index in [4.69, 9.17) is 16.3 Å². The topological polar surface area (TPSA) is 46.6 Å². The molecule has 1 aromatic carbocycles. The van der Waals surface area contributed by atoms with Crippen LogP contribution in [0.5, 0.6) is 5.75 Å². The number of Topliss-reactive ketones (excluding diaryl/α,β-unsaturated/α-hetero) is 1. The lowest BCUT2D eigenvalue weighted by atomic mass is 10.1. The molecule has 0 N–H and O–H groups in total. The van der Waals surface area contributed by atoms with Crippen molar-refractivity contribution < 1.29 is 14.3 Å². The number of carbonyl (C=O) groups is 2. The van der Waals surface area contributed by atoms with Gasteiger partial charge in [0, 0.05) is 12.6 Å². The molecule has 1 aliphatic rings. The molecule has 0 spiro atoms. The molecule has 1 aliphatic heterocycles. The number of hydrogen-bond acceptors (Lipinski definition) is 3. The Morgan fingerprint density at radius 3 is 2.78 bits per heavy atom. The van der Waals surface area contributed by atoms with Gasteiger partial charge in [-0.15, -0.1) is 11.6 Å². The Morgan fingerprint density at radius 1 is 1.50 bits per heavy atom. The molecule has 0 unspecified atom stereocenters. The van der Waals surface area contributed by atoms with Crippen molar-refractivity contribution in [1.29, 1.82) is 0 Å². The maximum atomic E-state index is 11.8. The van der Waals surface area contributed by atoms with Gasteiger partial charge in [0.2, 0.25) is 0 Å². The van der Waals surface area contributed by atoms with Crippen LogP contribution in [0.15, 0.2) is 18.2 Å². The summed E-state index contributed by atoms with van der Waals surface area (Å²) in [6, 6.07) is 5.00. The minimum absolute atomic E-state index is 0.133. The number of alkyl halides is 1. The van der Waals surface area contributed by atoms with Gasteiger partial charge in [0.05, 0.1) is 11.1 Å². The van der Waals surface area contributed by atoms with Crippen molar-refractivity contribution in [1.82, 2.24) is 0 Å². The van der Waals surface area contributed by atoms with Gasteiger partial charge in [-0.05, 0) is 32.0 Å². The highest BCUT2D eigenvalue weighted by molar-refractivity contribution is 6.33. The summed E-state index contributed by atoms with van der Waals surface area (Å²) >= 11 is 5.77. The average Bonchev–Trinajstić information content (AvgIpc) is 2.35. The van der Waals surface area contributed by atoms with Crippen molar-refractivity contribution in [3.63, 3.8) is 0 Å². The lowest BCUT2D eigenvalue weighted by Gasteiger charge is -2.30. The maximum absolute atomic E-state index is 11.8. The van der Waals surface area contributed by atoms with Crippen molar-refractivity contribution in [2.24, 2.45) is 0 Å². The molecule has 0 radical (unpaired) electrons. The van der Waals surface area contributed by atoms with Crippen LogP contribution in [0.1, 0.15) is 24.2 Å². The third kappa shape index (κ3) is 2.08. The summed E-state index contributed by atoms with van der Waals surface area (Å²) in [5.74, 6) is 0.299. The lowest BCUT2D eigenvalue weighted by molar-refractivity contribution is -0.125. The summed E-state index contributed by atoms with van der Waals surface area (Å²) in [7, 11) is 1.67. The van der Waals surface area contributed by atoms with E-state index in [1.165, 1.54) is 4.90 Å². The number of nitrogens with zero attached hydrogens (tertiary/aromatic N) is 1. The summed E-state index contributed by atoms with van der Waals surface area (Å²) in [5.41, 5.74) is 1.08. The van der Waals surface area contributed by atoms with Crippen LogP contribution in [-0.2, 0) is 4.79 Å². The summed E-state index contributed by atoms with van der Waals surface area (Å²) in [5, 5.41) is -0.590. The fraction of sp³-hybridized carbons (Fsp3) is 0.385. The minimum atomic E-state index is -0.590. The number of halogens is 1. The van der Waals surface area contributed by atoms with E-state index in [1.54, 1.807) is 39.1 Å². The van der Waals surface area contributed by atoms with Gasteiger partial charge < -0.3 is 9.64 Å². The Bertz CT molecular complexity index is 513. The molecule has 0 aromatic heterocycles. The molecular weight excluding hydrogens is 254 g/mol. The standard InChI is InChI=1S/C13H14ClNO3/c1-7(14)12(16)9-4-5-11-10(6-9)15(3)13(17)8(2)18-11/h4-8H,1-3H3/t7-,8-/m0/s1. The molecule has 0 saturated carbocycles. The number of ketones is 1. The number of amides is 1. The van der Waals surface area contributed by atoms with Crippen molar-refractivity contribution in [3.05, 3.63) is 23.8 Å². The third-order valence-electron chi connectivity index (χ3n) is 2.95. The molecule has 0 bridgehead atoms. The van der Waals surface area contributed by atoms with Gasteiger partial charge in [0.25, 0.3) is 5.91 Å². The third-order valence-corrected chi connectivity index (χ3v) is 3.15. The Labute approximate surface area is 110 Å². The number of rotatable bonds is 2. The predicted octanol–water partition coefficient (Wildman–Crippen LogP) is 2.24. The van der Waals surface area contributed by atoms with Gasteiger partial charge >= 0.3 is 0 Å². The molecule has 5 heteroatoms. The fourth-order valence-electron chi connectivity index (χ4n) is 1.89. The van der Waals surface area contributed by atoms with Crippen LogP contribution in [0.3, 0.4) is 0 Å². The summed E-state index contributed by atoms with van der Waals surface area (Å²) < 4.78 is 5.47. The van der Waals surface area contributed by atoms with Gasteiger partial charge in [0.15, 0.2) is 11.9 Å². The number of anilines is 1. The molecule has 2 rings (SSSR count). The van der Waals surface area contributed by atoms with E-state index in [9.17, 15) is 9.59 Å². The largest absolute Gasteiger partial charge is 0.479 e. The van der Waals surface area contributed by atoms with Crippen molar-refractivity contribution in [3.8, 4) is 5.75 Å². The van der Waals surface area contributed by atoms with E-state index in [0.717, 1.165) is 0 Å². The Morgan fingerprint density at radius 2 is 2.17 bits per heavy atom. The number of carbonyl (C=O) groups excluding carboxylic acids is 2. The number of ether oxygens (including phenoxy) is 1. The highest BCUT2D eigenvalue weighted by atomic mass is 35.5. The van der Waals surface area contributed by atoms with E-state index in [1.807, 2.05) is 0 Å². The quantitative estimate of drug-likeness (QED) is 0.610. The van der Waals surface area contributed by atoms with Crippen LogP contribution in [0.4, 0.5) is 5.69 Å². The number of hydrogen-bond donors (Lipinski definition) is 0. The highest BCUT2D eigenvalue weighted by Crippen LogP contribution is 2.34. The van der Waals surface area contributed by atoms with Crippen molar-refractivity contribution in [2.75, 3.05) is 11.9 Å². The van der Waals surface area contributed by atoms with Crippen molar-refractivity contribution >= 4 is 29.0 Å². The molecule has 18 heavy (non-hydrogen) atoms. The van der Waals surface area contributed by atoms with Gasteiger partial charge in [0.1, 0.15) is 5.75 Å². The Kier molecular flexibility index (Phi) is 3.30. The molecule has 4 nitrogen and oxygen atoms in total. The fourth-order valence-corrected chi connectivity index (χ4v) is 2.02. The molecule has 1 heterocycles. The molecule has 0 fully saturated rings. The van der Waals surface area contributed by atoms with Crippen LogP contribution in [0.2, 0.25) is 0 Å². The highest BCUT2D eigenvalue weighted by Gasteiger charge is 2.29. The number of benzene rings is 1. The van der Waals surface area contributed by atoms with E-state index in [0.29, 0.717) is 17.0 Å². The predicted molar refractivity (Wildman–Crippen MR) is 69.6 cm³/mol. The Hall–Kier alpha value is -1.55. The van der Waals surface area contributed by atoms with Crippen molar-refractivity contribution in [2.45, 2.75) is 25.3 Å². The zero-order valence-corrected chi connectivity index (χ0v) is 11.2. The van der Waals surface area contributed by atoms with Gasteiger partial charge in [-0.25, -0.2) is 0 Å². The summed E-state index contributed by atoms with van der Waals surface area (Å²) in [6.45, 7) is 3.32. The first-order valence-corrected chi connectivity index (χ1v) is 6.12. The van der Waals surface area contributed by atoms with E-state index in [2.05, 4.69) is 0 Å². The monoisotopic (exact) mass is 267 g/mol. The normalized spacial score (nSPS) is 20.1. The van der Waals surface area contributed by atoms with Crippen LogP contribution in [0, 0.1) is 0 Å². The van der Waals surface area contributed by atoms with Gasteiger partial charge in [-0.3, -0.25) is 9.59 Å². The number of likely N-dealkylation sites (N-methyl/N-ethyl adjacent to an activating group) is 1. The van der Waals surface area contributed by atoms with Crippen LogP contribution in [0.25, 0.3) is 0 Å². The molecule has 1 aromatic rings. The van der Waals surface area contributed by atoms with E-state index in [-0.39, 0.29) is 11.7 Å². The summed E-state index contributed by atoms with van der Waals surface area (Å²) in [6.07, 6.45) is -0.504. The zero-order valence-electron chi connectivity index (χ0n) is 10.4. The second-order valence-electron chi connectivity index (χ2n) is 4.32. The first kappa shape index (κ1) is 12.9.